The van der Waals surface area contributed by atoms with E-state index in [1.165, 1.54) is 21.3 Å². The number of hydrogen-bond acceptors (Lipinski definition) is 8. The zero-order chi connectivity index (χ0) is 24.6. The van der Waals surface area contributed by atoms with Gasteiger partial charge in [-0.15, -0.1) is 11.3 Å². The first-order chi connectivity index (χ1) is 16.8. The van der Waals surface area contributed by atoms with Gasteiger partial charge in [0.25, 0.3) is 5.56 Å². The summed E-state index contributed by atoms with van der Waals surface area (Å²) in [5.41, 5.74) is 1.47. The van der Waals surface area contributed by atoms with Gasteiger partial charge in [-0.3, -0.25) is 9.59 Å². The van der Waals surface area contributed by atoms with E-state index in [1.54, 1.807) is 23.5 Å². The summed E-state index contributed by atoms with van der Waals surface area (Å²) >= 11 is 2.74. The molecule has 0 saturated carbocycles. The van der Waals surface area contributed by atoms with Crippen LogP contribution >= 0.6 is 23.1 Å². The molecule has 1 amide bonds. The number of hydrogen-bond donors (Lipinski definition) is 2. The molecule has 2 aromatic heterocycles. The first kappa shape index (κ1) is 24.4. The molecule has 12 heteroatoms. The van der Waals surface area contributed by atoms with Gasteiger partial charge < -0.3 is 15.0 Å². The minimum absolute atomic E-state index is 0.0599. The van der Waals surface area contributed by atoms with Gasteiger partial charge in [0.1, 0.15) is 4.83 Å². The van der Waals surface area contributed by atoms with Crippen molar-refractivity contribution in [2.75, 3.05) is 37.4 Å². The van der Waals surface area contributed by atoms with Crippen molar-refractivity contribution in [2.45, 2.75) is 36.2 Å². The third-order valence-corrected chi connectivity index (χ3v) is 10.2. The maximum atomic E-state index is 12.7. The molecule has 1 atom stereocenters. The molecule has 1 aliphatic heterocycles. The van der Waals surface area contributed by atoms with Crippen molar-refractivity contribution < 1.29 is 17.9 Å². The Labute approximate surface area is 211 Å². The van der Waals surface area contributed by atoms with Crippen LogP contribution in [0.25, 0.3) is 10.2 Å². The number of nitrogens with one attached hydrogen (secondary N) is 2. The summed E-state index contributed by atoms with van der Waals surface area (Å²) < 4.78 is 32.1. The zero-order valence-electron chi connectivity index (χ0n) is 19.2. The number of ether oxygens (including phenoxy) is 1. The van der Waals surface area contributed by atoms with Crippen molar-refractivity contribution >= 4 is 54.9 Å². The van der Waals surface area contributed by atoms with E-state index >= 15 is 0 Å². The van der Waals surface area contributed by atoms with Gasteiger partial charge in [0.05, 0.1) is 29.2 Å². The molecule has 1 aromatic carbocycles. The van der Waals surface area contributed by atoms with E-state index in [1.807, 2.05) is 0 Å². The molecule has 0 spiro atoms. The van der Waals surface area contributed by atoms with Crippen LogP contribution in [0.4, 0.5) is 5.69 Å². The SMILES string of the molecule is CC1CCc2c(sc3nc(SCC(=O)Nc4ccc(S(=O)(=O)N5CCOCC5)cc4)[nH]c(=O)c23)C1. The van der Waals surface area contributed by atoms with Crippen LogP contribution in [0.1, 0.15) is 23.8 Å². The number of aromatic nitrogens is 2. The number of aryl methyl sites for hydroxylation is 1. The molecule has 1 saturated heterocycles. The molecule has 0 radical (unpaired) electrons. The second-order valence-electron chi connectivity index (χ2n) is 8.78. The van der Waals surface area contributed by atoms with E-state index in [0.717, 1.165) is 41.4 Å². The number of fused-ring (bicyclic) bond motifs is 3. The van der Waals surface area contributed by atoms with Crippen LogP contribution in [0.2, 0.25) is 0 Å². The smallest absolute Gasteiger partial charge is 0.260 e. The number of H-pyrrole nitrogens is 1. The van der Waals surface area contributed by atoms with Gasteiger partial charge in [-0.25, -0.2) is 13.4 Å². The second kappa shape index (κ2) is 10.0. The summed E-state index contributed by atoms with van der Waals surface area (Å²) in [7, 11) is -3.58. The van der Waals surface area contributed by atoms with Crippen LogP contribution in [0.5, 0.6) is 0 Å². The Morgan fingerprint density at radius 2 is 2.03 bits per heavy atom. The molecule has 5 rings (SSSR count). The molecule has 2 aliphatic rings. The summed E-state index contributed by atoms with van der Waals surface area (Å²) in [6.07, 6.45) is 2.96. The van der Waals surface area contributed by atoms with Crippen LogP contribution in [0.3, 0.4) is 0 Å². The molecule has 2 N–H and O–H groups in total. The van der Waals surface area contributed by atoms with Crippen molar-refractivity contribution in [2.24, 2.45) is 5.92 Å². The summed E-state index contributed by atoms with van der Waals surface area (Å²) in [5.74, 6) is 0.395. The van der Waals surface area contributed by atoms with Gasteiger partial charge in [0.2, 0.25) is 15.9 Å². The third kappa shape index (κ3) is 5.17. The lowest BCUT2D eigenvalue weighted by Crippen LogP contribution is -2.40. The number of carbonyl (C=O) groups excluding carboxylic acids is 1. The van der Waals surface area contributed by atoms with Crippen LogP contribution in [-0.4, -0.2) is 60.7 Å². The Balaban J connectivity index is 1.22. The lowest BCUT2D eigenvalue weighted by Gasteiger charge is -2.26. The number of amides is 1. The average Bonchev–Trinajstić information content (AvgIpc) is 3.21. The Bertz CT molecular complexity index is 1410. The molecular formula is C23H26N4O5S3. The van der Waals surface area contributed by atoms with Crippen molar-refractivity contribution in [3.63, 3.8) is 0 Å². The third-order valence-electron chi connectivity index (χ3n) is 6.23. The Morgan fingerprint density at radius 3 is 2.77 bits per heavy atom. The second-order valence-corrected chi connectivity index (χ2v) is 12.8. The summed E-state index contributed by atoms with van der Waals surface area (Å²) in [4.78, 5) is 34.7. The standard InChI is InChI=1S/C23H26N4O5S3/c1-14-2-7-17-18(12-14)34-22-20(17)21(29)25-23(26-22)33-13-19(28)24-15-3-5-16(6-4-15)35(30,31)27-8-10-32-11-9-27/h3-6,14H,2,7-13H2,1H3,(H,24,28)(H,25,26,29). The monoisotopic (exact) mass is 534 g/mol. The molecule has 3 aromatic rings. The minimum Gasteiger partial charge on any atom is -0.379 e. The first-order valence-corrected chi connectivity index (χ1v) is 14.7. The van der Waals surface area contributed by atoms with Gasteiger partial charge in [-0.2, -0.15) is 4.31 Å². The topological polar surface area (TPSA) is 121 Å². The number of aromatic amines is 1. The fourth-order valence-electron chi connectivity index (χ4n) is 4.37. The van der Waals surface area contributed by atoms with E-state index in [2.05, 4.69) is 22.2 Å². The maximum Gasteiger partial charge on any atom is 0.260 e. The fourth-order valence-corrected chi connectivity index (χ4v) is 7.88. The maximum absolute atomic E-state index is 12.7. The Hall–Kier alpha value is -2.25. The Kier molecular flexibility index (Phi) is 6.99. The van der Waals surface area contributed by atoms with E-state index in [0.29, 0.717) is 48.5 Å². The molecule has 3 heterocycles. The highest BCUT2D eigenvalue weighted by Crippen LogP contribution is 2.36. The van der Waals surface area contributed by atoms with Gasteiger partial charge in [0.15, 0.2) is 5.16 Å². The molecule has 186 valence electrons. The largest absolute Gasteiger partial charge is 0.379 e. The van der Waals surface area contributed by atoms with Crippen LogP contribution in [0, 0.1) is 5.92 Å². The zero-order valence-corrected chi connectivity index (χ0v) is 21.7. The summed E-state index contributed by atoms with van der Waals surface area (Å²) in [5, 5.41) is 3.87. The predicted molar refractivity (Wildman–Crippen MR) is 137 cm³/mol. The average molecular weight is 535 g/mol. The first-order valence-electron chi connectivity index (χ1n) is 11.5. The summed E-state index contributed by atoms with van der Waals surface area (Å²) in [6, 6.07) is 6.11. The van der Waals surface area contributed by atoms with E-state index in [9.17, 15) is 18.0 Å². The quantitative estimate of drug-likeness (QED) is 0.368. The van der Waals surface area contributed by atoms with Gasteiger partial charge in [0, 0.05) is 23.7 Å². The highest BCUT2D eigenvalue weighted by atomic mass is 32.2. The van der Waals surface area contributed by atoms with Crippen LogP contribution in [0.15, 0.2) is 39.1 Å². The molecule has 1 aliphatic carbocycles. The number of anilines is 1. The van der Waals surface area contributed by atoms with Crippen molar-refractivity contribution in [3.05, 3.63) is 45.1 Å². The molecule has 35 heavy (non-hydrogen) atoms. The number of nitrogens with zero attached hydrogens (tertiary/aromatic N) is 2. The highest BCUT2D eigenvalue weighted by Gasteiger charge is 2.26. The minimum atomic E-state index is -3.58. The lowest BCUT2D eigenvalue weighted by molar-refractivity contribution is -0.113. The molecule has 1 fully saturated rings. The number of rotatable bonds is 6. The van der Waals surface area contributed by atoms with Crippen molar-refractivity contribution in [1.82, 2.24) is 14.3 Å². The van der Waals surface area contributed by atoms with Crippen molar-refractivity contribution in [3.8, 4) is 0 Å². The normalized spacial score (nSPS) is 18.9. The van der Waals surface area contributed by atoms with Gasteiger partial charge >= 0.3 is 0 Å². The van der Waals surface area contributed by atoms with Crippen LogP contribution in [-0.2, 0) is 32.4 Å². The van der Waals surface area contributed by atoms with E-state index in [4.69, 9.17) is 4.74 Å². The number of sulfonamides is 1. The molecule has 9 nitrogen and oxygen atoms in total. The molecular weight excluding hydrogens is 508 g/mol. The van der Waals surface area contributed by atoms with E-state index in [-0.39, 0.29) is 22.1 Å². The predicted octanol–water partition coefficient (Wildman–Crippen LogP) is 2.86. The number of thioether (sulfide) groups is 1. The molecule has 1 unspecified atom stereocenters. The number of benzene rings is 1. The van der Waals surface area contributed by atoms with Gasteiger partial charge in [-0.05, 0) is 55.0 Å². The lowest BCUT2D eigenvalue weighted by atomic mass is 9.89. The Morgan fingerprint density at radius 1 is 1.29 bits per heavy atom. The number of morpholine rings is 1. The highest BCUT2D eigenvalue weighted by molar-refractivity contribution is 7.99. The van der Waals surface area contributed by atoms with Crippen molar-refractivity contribution in [1.29, 1.82) is 0 Å². The van der Waals surface area contributed by atoms with E-state index < -0.39 is 10.0 Å². The summed E-state index contributed by atoms with van der Waals surface area (Å²) in [6.45, 7) is 3.64. The molecule has 0 bridgehead atoms. The van der Waals surface area contributed by atoms with Gasteiger partial charge in [-0.1, -0.05) is 18.7 Å². The fraction of sp³-hybridized carbons (Fsp3) is 0.435. The number of thiophene rings is 1. The van der Waals surface area contributed by atoms with Crippen LogP contribution < -0.4 is 10.9 Å². The number of carbonyl (C=O) groups is 1.